The lowest BCUT2D eigenvalue weighted by atomic mass is 10.0. The van der Waals surface area contributed by atoms with E-state index in [0.717, 1.165) is 17.9 Å². The van der Waals surface area contributed by atoms with Crippen molar-refractivity contribution in [1.29, 1.82) is 0 Å². The zero-order valence-electron chi connectivity index (χ0n) is 13.9. The zero-order valence-corrected chi connectivity index (χ0v) is 13.9. The first-order valence-electron chi connectivity index (χ1n) is 8.42. The molecular formula is C20H21NO4. The van der Waals surface area contributed by atoms with Gasteiger partial charge in [0.25, 0.3) is 5.91 Å². The highest BCUT2D eigenvalue weighted by molar-refractivity contribution is 5.94. The SMILES string of the molecule is O=C(O)CC(NC(=O)c1ccc(OCC2CC2)cc1)c1ccccc1. The molecule has 5 heteroatoms. The lowest BCUT2D eigenvalue weighted by Crippen LogP contribution is -2.30. The summed E-state index contributed by atoms with van der Waals surface area (Å²) in [6.45, 7) is 0.722. The van der Waals surface area contributed by atoms with Crippen LogP contribution in [-0.4, -0.2) is 23.6 Å². The van der Waals surface area contributed by atoms with Gasteiger partial charge in [0.15, 0.2) is 0 Å². The van der Waals surface area contributed by atoms with Gasteiger partial charge in [-0.3, -0.25) is 9.59 Å². The van der Waals surface area contributed by atoms with Crippen molar-refractivity contribution in [2.75, 3.05) is 6.61 Å². The highest BCUT2D eigenvalue weighted by atomic mass is 16.5. The van der Waals surface area contributed by atoms with Crippen LogP contribution in [0.3, 0.4) is 0 Å². The standard InChI is InChI=1S/C20H21NO4/c22-19(23)12-18(15-4-2-1-3-5-15)21-20(24)16-8-10-17(11-9-16)25-13-14-6-7-14/h1-5,8-11,14,18H,6-7,12-13H2,(H,21,24)(H,22,23). The molecule has 0 heterocycles. The minimum absolute atomic E-state index is 0.168. The Labute approximate surface area is 146 Å². The highest BCUT2D eigenvalue weighted by Crippen LogP contribution is 2.29. The molecule has 25 heavy (non-hydrogen) atoms. The Bertz CT molecular complexity index is 723. The van der Waals surface area contributed by atoms with Crippen LogP contribution >= 0.6 is 0 Å². The Balaban J connectivity index is 1.64. The van der Waals surface area contributed by atoms with Gasteiger partial charge in [-0.2, -0.15) is 0 Å². The monoisotopic (exact) mass is 339 g/mol. The van der Waals surface area contributed by atoms with Crippen molar-refractivity contribution in [2.45, 2.75) is 25.3 Å². The van der Waals surface area contributed by atoms with Crippen LogP contribution in [0.15, 0.2) is 54.6 Å². The van der Waals surface area contributed by atoms with E-state index in [0.29, 0.717) is 11.5 Å². The number of hydrogen-bond donors (Lipinski definition) is 2. The predicted octanol–water partition coefficient (Wildman–Crippen LogP) is 3.42. The number of ether oxygens (including phenoxy) is 1. The Morgan fingerprint density at radius 2 is 1.76 bits per heavy atom. The minimum Gasteiger partial charge on any atom is -0.493 e. The van der Waals surface area contributed by atoms with Gasteiger partial charge in [-0.05, 0) is 48.6 Å². The van der Waals surface area contributed by atoms with Crippen molar-refractivity contribution in [1.82, 2.24) is 5.32 Å². The summed E-state index contributed by atoms with van der Waals surface area (Å²) in [7, 11) is 0. The van der Waals surface area contributed by atoms with E-state index in [1.54, 1.807) is 24.3 Å². The first-order chi connectivity index (χ1) is 12.1. The maximum absolute atomic E-state index is 12.5. The summed E-state index contributed by atoms with van der Waals surface area (Å²) in [5.74, 6) is 0.154. The zero-order chi connectivity index (χ0) is 17.6. The predicted molar refractivity (Wildman–Crippen MR) is 93.6 cm³/mol. The molecule has 1 aliphatic rings. The summed E-state index contributed by atoms with van der Waals surface area (Å²) in [6, 6.07) is 15.5. The molecule has 2 aromatic rings. The van der Waals surface area contributed by atoms with Gasteiger partial charge < -0.3 is 15.2 Å². The number of rotatable bonds is 8. The summed E-state index contributed by atoms with van der Waals surface area (Å²) >= 11 is 0. The van der Waals surface area contributed by atoms with Gasteiger partial charge in [0.05, 0.1) is 19.1 Å². The second-order valence-corrected chi connectivity index (χ2v) is 6.31. The molecule has 0 bridgehead atoms. The van der Waals surface area contributed by atoms with Crippen LogP contribution in [0.4, 0.5) is 0 Å². The molecule has 0 spiro atoms. The molecule has 0 aliphatic heterocycles. The number of hydrogen-bond acceptors (Lipinski definition) is 3. The van der Waals surface area contributed by atoms with Crippen molar-refractivity contribution >= 4 is 11.9 Å². The maximum atomic E-state index is 12.5. The average Bonchev–Trinajstić information content (AvgIpc) is 3.44. The van der Waals surface area contributed by atoms with Gasteiger partial charge in [-0.15, -0.1) is 0 Å². The molecule has 1 aliphatic carbocycles. The quantitative estimate of drug-likeness (QED) is 0.773. The Morgan fingerprint density at radius 1 is 1.08 bits per heavy atom. The van der Waals surface area contributed by atoms with Crippen LogP contribution in [0.2, 0.25) is 0 Å². The lowest BCUT2D eigenvalue weighted by Gasteiger charge is -2.17. The van der Waals surface area contributed by atoms with E-state index < -0.39 is 12.0 Å². The average molecular weight is 339 g/mol. The summed E-state index contributed by atoms with van der Waals surface area (Å²) in [4.78, 5) is 23.6. The van der Waals surface area contributed by atoms with Crippen molar-refractivity contribution in [3.8, 4) is 5.75 Å². The van der Waals surface area contributed by atoms with Gasteiger partial charge in [0.1, 0.15) is 5.75 Å². The Hall–Kier alpha value is -2.82. The summed E-state index contributed by atoms with van der Waals surface area (Å²) in [6.07, 6.45) is 2.29. The highest BCUT2D eigenvalue weighted by Gasteiger charge is 2.22. The smallest absolute Gasteiger partial charge is 0.305 e. The normalized spacial score (nSPS) is 14.6. The third-order valence-corrected chi connectivity index (χ3v) is 4.19. The molecule has 2 aromatic carbocycles. The largest absolute Gasteiger partial charge is 0.493 e. The number of carboxylic acids is 1. The second-order valence-electron chi connectivity index (χ2n) is 6.31. The van der Waals surface area contributed by atoms with Crippen molar-refractivity contribution in [3.63, 3.8) is 0 Å². The van der Waals surface area contributed by atoms with Crippen LogP contribution in [0, 0.1) is 5.92 Å². The van der Waals surface area contributed by atoms with Gasteiger partial charge in [0, 0.05) is 5.56 Å². The number of carbonyl (C=O) groups excluding carboxylic acids is 1. The van der Waals surface area contributed by atoms with E-state index in [1.165, 1.54) is 12.8 Å². The first kappa shape index (κ1) is 17.0. The number of nitrogens with one attached hydrogen (secondary N) is 1. The fraction of sp³-hybridized carbons (Fsp3) is 0.300. The molecule has 0 aromatic heterocycles. The van der Waals surface area contributed by atoms with Crippen molar-refractivity contribution in [3.05, 3.63) is 65.7 Å². The molecule has 0 saturated heterocycles. The third-order valence-electron chi connectivity index (χ3n) is 4.19. The number of aliphatic carboxylic acids is 1. The molecule has 1 fully saturated rings. The Morgan fingerprint density at radius 3 is 2.36 bits per heavy atom. The van der Waals surface area contributed by atoms with E-state index in [9.17, 15) is 9.59 Å². The lowest BCUT2D eigenvalue weighted by molar-refractivity contribution is -0.137. The van der Waals surface area contributed by atoms with Gasteiger partial charge in [0.2, 0.25) is 0 Å². The molecule has 1 amide bonds. The van der Waals surface area contributed by atoms with Gasteiger partial charge in [-0.1, -0.05) is 30.3 Å². The molecule has 1 saturated carbocycles. The number of amides is 1. The van der Waals surface area contributed by atoms with Gasteiger partial charge >= 0.3 is 5.97 Å². The van der Waals surface area contributed by atoms with Crippen LogP contribution in [0.5, 0.6) is 5.75 Å². The summed E-state index contributed by atoms with van der Waals surface area (Å²) < 4.78 is 5.66. The topological polar surface area (TPSA) is 75.6 Å². The molecule has 1 atom stereocenters. The van der Waals surface area contributed by atoms with Crippen LogP contribution in [0.1, 0.15) is 41.2 Å². The van der Waals surface area contributed by atoms with Crippen molar-refractivity contribution < 1.29 is 19.4 Å². The van der Waals surface area contributed by atoms with E-state index in [4.69, 9.17) is 9.84 Å². The molecule has 0 radical (unpaired) electrons. The van der Waals surface area contributed by atoms with E-state index >= 15 is 0 Å². The molecular weight excluding hydrogens is 318 g/mol. The van der Waals surface area contributed by atoms with Crippen LogP contribution in [0.25, 0.3) is 0 Å². The number of carbonyl (C=O) groups is 2. The summed E-state index contributed by atoms with van der Waals surface area (Å²) in [5, 5.41) is 11.9. The van der Waals surface area contributed by atoms with Crippen molar-refractivity contribution in [2.24, 2.45) is 5.92 Å². The molecule has 130 valence electrons. The maximum Gasteiger partial charge on any atom is 0.305 e. The fourth-order valence-electron chi connectivity index (χ4n) is 2.55. The molecule has 5 nitrogen and oxygen atoms in total. The van der Waals surface area contributed by atoms with E-state index in [-0.39, 0.29) is 12.3 Å². The van der Waals surface area contributed by atoms with E-state index in [1.807, 2.05) is 30.3 Å². The molecule has 2 N–H and O–H groups in total. The molecule has 3 rings (SSSR count). The minimum atomic E-state index is -0.960. The van der Waals surface area contributed by atoms with Crippen LogP contribution in [-0.2, 0) is 4.79 Å². The number of carboxylic acid groups (broad SMARTS) is 1. The summed E-state index contributed by atoms with van der Waals surface area (Å²) in [5.41, 5.74) is 1.24. The van der Waals surface area contributed by atoms with Crippen LogP contribution < -0.4 is 10.1 Å². The molecule has 1 unspecified atom stereocenters. The van der Waals surface area contributed by atoms with E-state index in [2.05, 4.69) is 5.32 Å². The van der Waals surface area contributed by atoms with Gasteiger partial charge in [-0.25, -0.2) is 0 Å². The Kier molecular flexibility index (Phi) is 5.33. The first-order valence-corrected chi connectivity index (χ1v) is 8.42. The number of benzene rings is 2. The fourth-order valence-corrected chi connectivity index (χ4v) is 2.55. The second kappa shape index (κ2) is 7.83. The third kappa shape index (κ3) is 5.08.